The summed E-state index contributed by atoms with van der Waals surface area (Å²) >= 11 is 9.67. The van der Waals surface area contributed by atoms with Gasteiger partial charge in [0.05, 0.1) is 4.91 Å². The molecule has 130 valence electrons. The molecule has 0 fully saturated rings. The quantitative estimate of drug-likeness (QED) is 0.676. The molecule has 1 N–H and O–H groups in total. The van der Waals surface area contributed by atoms with Gasteiger partial charge in [-0.05, 0) is 67.0 Å². The zero-order valence-electron chi connectivity index (χ0n) is 14.3. The van der Waals surface area contributed by atoms with E-state index in [0.29, 0.717) is 5.02 Å². The maximum absolute atomic E-state index is 12.6. The Bertz CT molecular complexity index is 884. The summed E-state index contributed by atoms with van der Waals surface area (Å²) in [4.78, 5) is 16.2. The molecule has 2 aliphatic rings. The molecule has 0 spiro atoms. The number of aryl methyl sites for hydroxylation is 1. The number of hydrogen-bond donors (Lipinski definition) is 1. The minimum absolute atomic E-state index is 0.0460. The first-order chi connectivity index (χ1) is 12.0. The molecule has 2 nitrogen and oxygen atoms in total. The summed E-state index contributed by atoms with van der Waals surface area (Å²) in [5.41, 5.74) is 4.78. The summed E-state index contributed by atoms with van der Waals surface area (Å²) in [5.74, 6) is 1.64. The van der Waals surface area contributed by atoms with Crippen LogP contribution in [0.15, 0.2) is 23.1 Å². The van der Waals surface area contributed by atoms with Crippen LogP contribution in [0, 0.1) is 12.8 Å². The summed E-state index contributed by atoms with van der Waals surface area (Å²) in [6.07, 6.45) is 5.74. The van der Waals surface area contributed by atoms with Crippen molar-refractivity contribution < 1.29 is 4.79 Å². The average Bonchev–Trinajstić information content (AvgIpc) is 2.94. The maximum Gasteiger partial charge on any atom is 0.262 e. The molecule has 0 saturated heterocycles. The second kappa shape index (κ2) is 6.82. The van der Waals surface area contributed by atoms with Gasteiger partial charge in [-0.2, -0.15) is 0 Å². The summed E-state index contributed by atoms with van der Waals surface area (Å²) < 4.78 is 0. The van der Waals surface area contributed by atoms with Crippen LogP contribution in [0.25, 0.3) is 6.08 Å². The van der Waals surface area contributed by atoms with Gasteiger partial charge in [0.2, 0.25) is 0 Å². The van der Waals surface area contributed by atoms with Gasteiger partial charge in [0.15, 0.2) is 0 Å². The van der Waals surface area contributed by atoms with Gasteiger partial charge in [0, 0.05) is 26.2 Å². The molecule has 1 aliphatic carbocycles. The van der Waals surface area contributed by atoms with Gasteiger partial charge in [-0.1, -0.05) is 24.6 Å². The number of anilines is 1. The number of thiophene rings is 1. The van der Waals surface area contributed by atoms with Gasteiger partial charge in [-0.3, -0.25) is 4.79 Å². The van der Waals surface area contributed by atoms with Gasteiger partial charge in [0.1, 0.15) is 0 Å². The van der Waals surface area contributed by atoms with E-state index in [-0.39, 0.29) is 5.91 Å². The molecule has 1 aliphatic heterocycles. The Morgan fingerprint density at radius 2 is 2.16 bits per heavy atom. The number of benzene rings is 1. The minimum atomic E-state index is -0.0460. The van der Waals surface area contributed by atoms with E-state index in [0.717, 1.165) is 27.8 Å². The van der Waals surface area contributed by atoms with Gasteiger partial charge in [-0.25, -0.2) is 0 Å². The van der Waals surface area contributed by atoms with Gasteiger partial charge >= 0.3 is 0 Å². The van der Waals surface area contributed by atoms with E-state index in [1.54, 1.807) is 23.4 Å². The highest BCUT2D eigenvalue weighted by Gasteiger charge is 2.26. The molecule has 25 heavy (non-hydrogen) atoms. The predicted octanol–water partition coefficient (Wildman–Crippen LogP) is 6.06. The van der Waals surface area contributed by atoms with Crippen molar-refractivity contribution in [2.45, 2.75) is 38.9 Å². The Hall–Kier alpha value is -1.23. The largest absolute Gasteiger partial charge is 0.321 e. The van der Waals surface area contributed by atoms with Crippen LogP contribution in [0.4, 0.5) is 5.69 Å². The molecule has 1 atom stereocenters. The fourth-order valence-electron chi connectivity index (χ4n) is 3.42. The number of hydrogen-bond acceptors (Lipinski definition) is 3. The number of thioether (sulfide) groups is 1. The Kier molecular flexibility index (Phi) is 4.69. The molecule has 2 heterocycles. The summed E-state index contributed by atoms with van der Waals surface area (Å²) in [7, 11) is 0. The lowest BCUT2D eigenvalue weighted by atomic mass is 9.88. The lowest BCUT2D eigenvalue weighted by Gasteiger charge is -2.20. The van der Waals surface area contributed by atoms with Crippen molar-refractivity contribution in [1.82, 2.24) is 0 Å². The van der Waals surface area contributed by atoms with E-state index in [1.807, 2.05) is 30.4 Å². The van der Waals surface area contributed by atoms with Crippen LogP contribution >= 0.6 is 34.7 Å². The monoisotopic (exact) mass is 389 g/mol. The topological polar surface area (TPSA) is 29.1 Å². The molecule has 4 rings (SSSR count). The number of nitrogens with one attached hydrogen (secondary N) is 1. The van der Waals surface area contributed by atoms with Crippen molar-refractivity contribution >= 4 is 52.4 Å². The second-order valence-corrected chi connectivity index (χ2v) is 9.47. The molecular formula is C20H20ClNOS2. The second-order valence-electron chi connectivity index (χ2n) is 6.91. The predicted molar refractivity (Wildman–Crippen MR) is 110 cm³/mol. The third kappa shape index (κ3) is 3.40. The average molecular weight is 390 g/mol. The fraction of sp³-hybridized carbons (Fsp3) is 0.350. The molecule has 1 aromatic carbocycles. The number of halogens is 1. The van der Waals surface area contributed by atoms with Crippen LogP contribution < -0.4 is 5.32 Å². The Morgan fingerprint density at radius 3 is 2.96 bits per heavy atom. The number of rotatable bonds is 2. The standard InChI is InChI=1S/C20H20ClNOS2/c1-11-3-6-14-15-10-24-19(9-18(15)25-17(14)7-11)20(23)22-13-5-4-12(2)16(21)8-13/h4-5,8-9,11H,3,6-7,10H2,1-2H3,(H,22,23). The fourth-order valence-corrected chi connectivity index (χ4v) is 6.25. The Balaban J connectivity index is 1.56. The van der Waals surface area contributed by atoms with E-state index in [1.165, 1.54) is 34.6 Å². The van der Waals surface area contributed by atoms with E-state index >= 15 is 0 Å². The van der Waals surface area contributed by atoms with Crippen LogP contribution in [0.5, 0.6) is 0 Å². The number of carbonyl (C=O) groups excluding carboxylic acids is 1. The van der Waals surface area contributed by atoms with Crippen molar-refractivity contribution in [3.63, 3.8) is 0 Å². The molecule has 1 amide bonds. The molecule has 2 aromatic rings. The molecule has 1 aromatic heterocycles. The van der Waals surface area contributed by atoms with E-state index in [9.17, 15) is 4.79 Å². The van der Waals surface area contributed by atoms with Gasteiger partial charge in [-0.15, -0.1) is 23.1 Å². The normalized spacial score (nSPS) is 19.0. The van der Waals surface area contributed by atoms with Crippen molar-refractivity contribution in [1.29, 1.82) is 0 Å². The maximum atomic E-state index is 12.6. The van der Waals surface area contributed by atoms with Crippen molar-refractivity contribution in [3.8, 4) is 0 Å². The lowest BCUT2D eigenvalue weighted by molar-refractivity contribution is -0.112. The first kappa shape index (κ1) is 17.2. The highest BCUT2D eigenvalue weighted by atomic mass is 35.5. The van der Waals surface area contributed by atoms with E-state index in [2.05, 4.69) is 18.3 Å². The Morgan fingerprint density at radius 1 is 1.32 bits per heavy atom. The zero-order chi connectivity index (χ0) is 17.6. The van der Waals surface area contributed by atoms with E-state index < -0.39 is 0 Å². The van der Waals surface area contributed by atoms with Crippen molar-refractivity contribution in [2.24, 2.45) is 5.92 Å². The molecule has 0 saturated carbocycles. The van der Waals surface area contributed by atoms with Crippen molar-refractivity contribution in [2.75, 3.05) is 5.32 Å². The van der Waals surface area contributed by atoms with Crippen LogP contribution in [0.3, 0.4) is 0 Å². The molecule has 1 unspecified atom stereocenters. The van der Waals surface area contributed by atoms with Crippen LogP contribution in [-0.4, -0.2) is 5.91 Å². The Labute approximate surface area is 161 Å². The molecule has 0 bridgehead atoms. The third-order valence-electron chi connectivity index (χ3n) is 4.94. The molecule has 0 radical (unpaired) electrons. The number of amides is 1. The first-order valence-electron chi connectivity index (χ1n) is 8.56. The highest BCUT2D eigenvalue weighted by Crippen LogP contribution is 2.43. The third-order valence-corrected chi connectivity index (χ3v) is 7.64. The van der Waals surface area contributed by atoms with Crippen molar-refractivity contribution in [3.05, 3.63) is 54.6 Å². The van der Waals surface area contributed by atoms with Gasteiger partial charge in [0.25, 0.3) is 5.91 Å². The van der Waals surface area contributed by atoms with Gasteiger partial charge < -0.3 is 5.32 Å². The van der Waals surface area contributed by atoms with Crippen LogP contribution in [0.1, 0.15) is 39.8 Å². The smallest absolute Gasteiger partial charge is 0.262 e. The number of fused-ring (bicyclic) bond motifs is 3. The highest BCUT2D eigenvalue weighted by molar-refractivity contribution is 8.03. The number of carbonyl (C=O) groups is 1. The zero-order valence-corrected chi connectivity index (χ0v) is 16.7. The summed E-state index contributed by atoms with van der Waals surface area (Å²) in [5, 5.41) is 3.64. The van der Waals surface area contributed by atoms with E-state index in [4.69, 9.17) is 11.6 Å². The van der Waals surface area contributed by atoms with Crippen LogP contribution in [-0.2, 0) is 23.4 Å². The minimum Gasteiger partial charge on any atom is -0.321 e. The lowest BCUT2D eigenvalue weighted by Crippen LogP contribution is -2.14. The first-order valence-corrected chi connectivity index (χ1v) is 10.7. The summed E-state index contributed by atoms with van der Waals surface area (Å²) in [6, 6.07) is 5.62. The van der Waals surface area contributed by atoms with Crippen LogP contribution in [0.2, 0.25) is 5.02 Å². The SMILES string of the molecule is Cc1ccc(NC(=O)C2=Cc3sc4c(c3CS2)CCC(C)C4)cc1Cl. The molecule has 5 heteroatoms. The molecular weight excluding hydrogens is 370 g/mol. The summed E-state index contributed by atoms with van der Waals surface area (Å²) in [6.45, 7) is 4.28.